The van der Waals surface area contributed by atoms with Gasteiger partial charge < -0.3 is 14.9 Å². The Morgan fingerprint density at radius 2 is 2.55 bits per heavy atom. The first kappa shape index (κ1) is 7.53. The predicted octanol–water partition coefficient (Wildman–Crippen LogP) is 0.155. The van der Waals surface area contributed by atoms with Crippen LogP contribution in [0.5, 0.6) is 0 Å². The number of aliphatic hydroxyl groups is 2. The molecule has 0 aromatic rings. The van der Waals surface area contributed by atoms with Gasteiger partial charge in [0.2, 0.25) is 0 Å². The molecule has 0 aromatic carbocycles. The van der Waals surface area contributed by atoms with Crippen LogP contribution in [0.3, 0.4) is 0 Å². The average Bonchev–Trinajstić information content (AvgIpc) is 2.30. The standard InChI is InChI=1S/C8H16O3/c1-6-3-5-11-8(6)7(10)2-4-9/h6-10H,2-5H2,1H3/t6-,7+,8-/m0/s1/i5T/t5-,6+,7-,8+/m1. The van der Waals surface area contributed by atoms with Crippen LogP contribution in [-0.4, -0.2) is 35.6 Å². The average molecular weight is 162 g/mol. The van der Waals surface area contributed by atoms with E-state index >= 15 is 0 Å². The highest BCUT2D eigenvalue weighted by molar-refractivity contribution is 4.79. The molecule has 0 spiro atoms. The molecule has 0 radical (unpaired) electrons. The fourth-order valence-electron chi connectivity index (χ4n) is 1.35. The molecule has 66 valence electrons. The minimum absolute atomic E-state index is 0.0313. The zero-order valence-corrected chi connectivity index (χ0v) is 6.73. The molecule has 1 aliphatic heterocycles. The van der Waals surface area contributed by atoms with Crippen molar-refractivity contribution in [3.05, 3.63) is 0 Å². The van der Waals surface area contributed by atoms with Crippen LogP contribution in [0.4, 0.5) is 0 Å². The zero-order chi connectivity index (χ0) is 9.14. The number of rotatable bonds is 3. The molecule has 0 amide bonds. The number of hydrogen-bond acceptors (Lipinski definition) is 3. The van der Waals surface area contributed by atoms with Crippen molar-refractivity contribution < 1.29 is 16.3 Å². The van der Waals surface area contributed by atoms with E-state index in [9.17, 15) is 5.11 Å². The van der Waals surface area contributed by atoms with E-state index in [1.807, 2.05) is 6.92 Å². The topological polar surface area (TPSA) is 49.7 Å². The van der Waals surface area contributed by atoms with Gasteiger partial charge in [0, 0.05) is 13.2 Å². The van der Waals surface area contributed by atoms with E-state index in [0.29, 0.717) is 12.8 Å². The van der Waals surface area contributed by atoms with Gasteiger partial charge in [-0.25, -0.2) is 0 Å². The van der Waals surface area contributed by atoms with Gasteiger partial charge in [-0.05, 0) is 18.8 Å². The summed E-state index contributed by atoms with van der Waals surface area (Å²) in [5.74, 6) is 0.217. The van der Waals surface area contributed by atoms with E-state index in [1.54, 1.807) is 0 Å². The van der Waals surface area contributed by atoms with Crippen molar-refractivity contribution in [2.75, 3.05) is 13.2 Å². The van der Waals surface area contributed by atoms with Crippen molar-refractivity contribution in [2.24, 2.45) is 5.92 Å². The Kier molecular flexibility index (Phi) is 2.77. The molecule has 1 fully saturated rings. The summed E-state index contributed by atoms with van der Waals surface area (Å²) in [5, 5.41) is 18.1. The third-order valence-electron chi connectivity index (χ3n) is 2.09. The quantitative estimate of drug-likeness (QED) is 0.621. The molecule has 1 saturated heterocycles. The molecule has 1 heterocycles. The van der Waals surface area contributed by atoms with Crippen LogP contribution in [0.2, 0.25) is 0 Å². The van der Waals surface area contributed by atoms with Crippen molar-refractivity contribution in [3.8, 4) is 0 Å². The van der Waals surface area contributed by atoms with Gasteiger partial charge in [0.25, 0.3) is 0 Å². The van der Waals surface area contributed by atoms with Crippen LogP contribution >= 0.6 is 0 Å². The van der Waals surface area contributed by atoms with Gasteiger partial charge in [-0.2, -0.15) is 0 Å². The fourth-order valence-corrected chi connectivity index (χ4v) is 1.35. The molecular formula is C8H16O3. The molecular weight excluding hydrogens is 144 g/mol. The molecule has 0 aliphatic carbocycles. The highest BCUT2D eigenvalue weighted by Crippen LogP contribution is 2.23. The summed E-state index contributed by atoms with van der Waals surface area (Å²) in [6.45, 7) is 1.43. The molecule has 0 saturated carbocycles. The maximum Gasteiger partial charge on any atom is 0.0861 e. The Hall–Kier alpha value is -0.120. The molecule has 1 rings (SSSR count). The molecule has 2 N–H and O–H groups in total. The number of hydrogen-bond donors (Lipinski definition) is 2. The molecule has 4 atom stereocenters. The van der Waals surface area contributed by atoms with Gasteiger partial charge in [0.15, 0.2) is 0 Å². The van der Waals surface area contributed by atoms with Gasteiger partial charge in [-0.3, -0.25) is 0 Å². The summed E-state index contributed by atoms with van der Waals surface area (Å²) >= 11 is 0. The van der Waals surface area contributed by atoms with Crippen molar-refractivity contribution >= 4 is 0 Å². The summed E-state index contributed by atoms with van der Waals surface area (Å²) in [6, 6.07) is 0. The third kappa shape index (κ3) is 2.15. The Labute approximate surface area is 68.4 Å². The van der Waals surface area contributed by atoms with E-state index in [1.165, 1.54) is 0 Å². The van der Waals surface area contributed by atoms with Gasteiger partial charge >= 0.3 is 0 Å². The van der Waals surface area contributed by atoms with Gasteiger partial charge in [0.05, 0.1) is 13.6 Å². The summed E-state index contributed by atoms with van der Waals surface area (Å²) in [7, 11) is 0. The number of aliphatic hydroxyl groups excluding tert-OH is 2. The first-order valence-electron chi connectivity index (χ1n) is 4.59. The van der Waals surface area contributed by atoms with Crippen LogP contribution in [0, 0.1) is 5.92 Å². The van der Waals surface area contributed by atoms with Crippen LogP contribution in [0.1, 0.15) is 21.1 Å². The minimum atomic E-state index is -0.625. The van der Waals surface area contributed by atoms with Crippen LogP contribution in [-0.2, 0) is 4.74 Å². The summed E-state index contributed by atoms with van der Waals surface area (Å²) in [5.41, 5.74) is 0. The normalized spacial score (nSPS) is 42.1. The molecule has 3 heteroatoms. The Bertz CT molecular complexity index is 142. The third-order valence-corrected chi connectivity index (χ3v) is 2.09. The fraction of sp³-hybridized carbons (Fsp3) is 1.00. The van der Waals surface area contributed by atoms with E-state index in [2.05, 4.69) is 0 Å². The van der Waals surface area contributed by atoms with E-state index in [-0.39, 0.29) is 18.6 Å². The monoisotopic (exact) mass is 162 g/mol. The van der Waals surface area contributed by atoms with Crippen LogP contribution < -0.4 is 0 Å². The van der Waals surface area contributed by atoms with Gasteiger partial charge in [-0.15, -0.1) is 0 Å². The smallest absolute Gasteiger partial charge is 0.0861 e. The van der Waals surface area contributed by atoms with Gasteiger partial charge in [0.1, 0.15) is 0 Å². The first-order chi connectivity index (χ1) is 5.65. The lowest BCUT2D eigenvalue weighted by molar-refractivity contribution is -0.0263. The zero-order valence-electron chi connectivity index (χ0n) is 7.73. The highest BCUT2D eigenvalue weighted by Gasteiger charge is 2.30. The minimum Gasteiger partial charge on any atom is -0.396 e. The highest BCUT2D eigenvalue weighted by atomic mass is 16.5. The second-order valence-electron chi connectivity index (χ2n) is 3.06. The number of ether oxygens (including phenoxy) is 1. The Morgan fingerprint density at radius 1 is 1.82 bits per heavy atom. The molecule has 0 aromatic heterocycles. The lowest BCUT2D eigenvalue weighted by Gasteiger charge is -2.20. The molecule has 11 heavy (non-hydrogen) atoms. The second-order valence-corrected chi connectivity index (χ2v) is 3.06. The Balaban J connectivity index is 2.40. The van der Waals surface area contributed by atoms with Crippen molar-refractivity contribution in [3.63, 3.8) is 0 Å². The SMILES string of the molecule is [3H][C@@H]1C[C@H](C)[C@@H]([C@H](O)CCO)O1. The van der Waals surface area contributed by atoms with E-state index < -0.39 is 12.7 Å². The van der Waals surface area contributed by atoms with E-state index in [4.69, 9.17) is 11.2 Å². The maximum absolute atomic E-state index is 9.47. The summed E-state index contributed by atoms with van der Waals surface area (Å²) in [6.07, 6.45) is 0.120. The predicted molar refractivity (Wildman–Crippen MR) is 41.2 cm³/mol. The maximum atomic E-state index is 9.47. The molecule has 1 aliphatic rings. The van der Waals surface area contributed by atoms with Gasteiger partial charge in [-0.1, -0.05) is 6.92 Å². The lowest BCUT2D eigenvalue weighted by atomic mass is 9.98. The van der Waals surface area contributed by atoms with Crippen LogP contribution in [0.25, 0.3) is 0 Å². The molecule has 0 unspecified atom stereocenters. The van der Waals surface area contributed by atoms with Crippen molar-refractivity contribution in [1.82, 2.24) is 0 Å². The summed E-state index contributed by atoms with van der Waals surface area (Å²) < 4.78 is 12.5. The Morgan fingerprint density at radius 3 is 3.00 bits per heavy atom. The molecule has 0 bridgehead atoms. The first-order valence-corrected chi connectivity index (χ1v) is 4.01. The second kappa shape index (κ2) is 4.04. The lowest BCUT2D eigenvalue weighted by Crippen LogP contribution is -2.30. The van der Waals surface area contributed by atoms with E-state index in [0.717, 1.165) is 0 Å². The molecule has 3 nitrogen and oxygen atoms in total. The van der Waals surface area contributed by atoms with Crippen LogP contribution in [0.15, 0.2) is 0 Å². The van der Waals surface area contributed by atoms with Crippen molar-refractivity contribution in [1.29, 1.82) is 0 Å². The van der Waals surface area contributed by atoms with Crippen molar-refractivity contribution in [2.45, 2.75) is 32.0 Å². The summed E-state index contributed by atoms with van der Waals surface area (Å²) in [4.78, 5) is 0. The largest absolute Gasteiger partial charge is 0.396 e.